The van der Waals surface area contributed by atoms with Crippen molar-refractivity contribution in [2.75, 3.05) is 39.3 Å². The molecule has 2 fully saturated rings. The number of aromatic amines is 1. The molecular weight excluding hydrogens is 276 g/mol. The second-order valence-corrected chi connectivity index (χ2v) is 7.00. The second-order valence-electron chi connectivity index (χ2n) is 7.00. The fourth-order valence-corrected chi connectivity index (χ4v) is 3.98. The molecule has 3 heterocycles. The summed E-state index contributed by atoms with van der Waals surface area (Å²) in [4.78, 5) is 20.8. The lowest BCUT2D eigenvalue weighted by Crippen LogP contribution is -2.52. The summed E-state index contributed by atoms with van der Waals surface area (Å²) in [5, 5.41) is 3.32. The molecular formula is C17H28N4O. The zero-order chi connectivity index (χ0) is 15.5. The van der Waals surface area contributed by atoms with Gasteiger partial charge >= 0.3 is 0 Å². The fraction of sp³-hybridized carbons (Fsp3) is 0.706. The van der Waals surface area contributed by atoms with Crippen LogP contribution in [0.25, 0.3) is 0 Å². The number of H-pyrrole nitrogens is 1. The number of rotatable bonds is 3. The molecule has 0 aromatic carbocycles. The predicted molar refractivity (Wildman–Crippen MR) is 87.5 cm³/mol. The van der Waals surface area contributed by atoms with Gasteiger partial charge in [0.1, 0.15) is 6.04 Å². The van der Waals surface area contributed by atoms with Crippen LogP contribution in [0.1, 0.15) is 32.0 Å². The van der Waals surface area contributed by atoms with Crippen molar-refractivity contribution < 1.29 is 4.79 Å². The average molecular weight is 304 g/mol. The van der Waals surface area contributed by atoms with E-state index >= 15 is 0 Å². The van der Waals surface area contributed by atoms with Gasteiger partial charge in [-0.1, -0.05) is 13.8 Å². The number of carbonyl (C=O) groups excluding carboxylic acids is 1. The first kappa shape index (κ1) is 15.6. The van der Waals surface area contributed by atoms with E-state index in [1.807, 2.05) is 17.2 Å². The highest BCUT2D eigenvalue weighted by atomic mass is 16.2. The molecule has 0 saturated carbocycles. The predicted octanol–water partition coefficient (Wildman–Crippen LogP) is 1.47. The molecule has 3 atom stereocenters. The number of amides is 1. The van der Waals surface area contributed by atoms with Gasteiger partial charge in [-0.25, -0.2) is 0 Å². The smallest absolute Gasteiger partial charge is 0.246 e. The SMILES string of the molecule is CC1CC(C)CN(C(C(=O)N2CCNCC2)c2ccc[nH]2)C1. The molecule has 5 heteroatoms. The van der Waals surface area contributed by atoms with Crippen LogP contribution in [0.3, 0.4) is 0 Å². The highest BCUT2D eigenvalue weighted by Crippen LogP contribution is 2.30. The van der Waals surface area contributed by atoms with E-state index in [1.165, 1.54) is 6.42 Å². The minimum atomic E-state index is -0.154. The Labute approximate surface area is 133 Å². The monoisotopic (exact) mass is 304 g/mol. The lowest BCUT2D eigenvalue weighted by Gasteiger charge is -2.41. The minimum absolute atomic E-state index is 0.154. The van der Waals surface area contributed by atoms with Gasteiger partial charge in [0.15, 0.2) is 0 Å². The molecule has 2 N–H and O–H groups in total. The van der Waals surface area contributed by atoms with Crippen LogP contribution in [0.4, 0.5) is 0 Å². The van der Waals surface area contributed by atoms with Crippen LogP contribution >= 0.6 is 0 Å². The van der Waals surface area contributed by atoms with E-state index in [1.54, 1.807) is 0 Å². The van der Waals surface area contributed by atoms with Crippen LogP contribution in [0.5, 0.6) is 0 Å². The first-order valence-corrected chi connectivity index (χ1v) is 8.52. The fourth-order valence-electron chi connectivity index (χ4n) is 3.98. The van der Waals surface area contributed by atoms with E-state index < -0.39 is 0 Å². The molecule has 0 bridgehead atoms. The summed E-state index contributed by atoms with van der Waals surface area (Å²) < 4.78 is 0. The second kappa shape index (κ2) is 6.84. The van der Waals surface area contributed by atoms with E-state index in [0.29, 0.717) is 11.8 Å². The van der Waals surface area contributed by atoms with E-state index in [0.717, 1.165) is 45.0 Å². The number of likely N-dealkylation sites (tertiary alicyclic amines) is 1. The molecule has 1 aromatic rings. The van der Waals surface area contributed by atoms with E-state index in [4.69, 9.17) is 0 Å². The van der Waals surface area contributed by atoms with Gasteiger partial charge in [-0.05, 0) is 30.4 Å². The number of aromatic nitrogens is 1. The van der Waals surface area contributed by atoms with Crippen molar-refractivity contribution in [3.8, 4) is 0 Å². The lowest BCUT2D eigenvalue weighted by atomic mass is 9.90. The summed E-state index contributed by atoms with van der Waals surface area (Å²) >= 11 is 0. The molecule has 0 radical (unpaired) electrons. The molecule has 122 valence electrons. The molecule has 1 aromatic heterocycles. The minimum Gasteiger partial charge on any atom is -0.363 e. The Kier molecular flexibility index (Phi) is 4.84. The van der Waals surface area contributed by atoms with Crippen LogP contribution in [0, 0.1) is 11.8 Å². The Balaban J connectivity index is 1.82. The van der Waals surface area contributed by atoms with Gasteiger partial charge in [-0.15, -0.1) is 0 Å². The number of hydrogen-bond donors (Lipinski definition) is 2. The van der Waals surface area contributed by atoms with Gasteiger partial charge in [-0.3, -0.25) is 9.69 Å². The van der Waals surface area contributed by atoms with Crippen molar-refractivity contribution in [3.63, 3.8) is 0 Å². The normalized spacial score (nSPS) is 28.5. The van der Waals surface area contributed by atoms with E-state index in [2.05, 4.69) is 35.1 Å². The first-order valence-electron chi connectivity index (χ1n) is 8.52. The van der Waals surface area contributed by atoms with E-state index in [9.17, 15) is 4.79 Å². The summed E-state index contributed by atoms with van der Waals surface area (Å²) in [7, 11) is 0. The molecule has 3 unspecified atom stereocenters. The Hall–Kier alpha value is -1.33. The zero-order valence-corrected chi connectivity index (χ0v) is 13.7. The van der Waals surface area contributed by atoms with Crippen molar-refractivity contribution in [1.82, 2.24) is 20.1 Å². The van der Waals surface area contributed by atoms with Crippen molar-refractivity contribution in [2.24, 2.45) is 11.8 Å². The molecule has 2 saturated heterocycles. The number of piperazine rings is 1. The third kappa shape index (κ3) is 3.36. The summed E-state index contributed by atoms with van der Waals surface area (Å²) in [6.45, 7) is 10.0. The maximum absolute atomic E-state index is 13.1. The third-order valence-electron chi connectivity index (χ3n) is 4.84. The summed E-state index contributed by atoms with van der Waals surface area (Å²) in [5.41, 5.74) is 1.03. The van der Waals surface area contributed by atoms with Gasteiger partial charge in [0.05, 0.1) is 0 Å². The Bertz CT molecular complexity index is 471. The number of carbonyl (C=O) groups is 1. The highest BCUT2D eigenvalue weighted by molar-refractivity contribution is 5.83. The number of piperidine rings is 1. The molecule has 2 aliphatic rings. The summed E-state index contributed by atoms with van der Waals surface area (Å²) in [6.07, 6.45) is 3.18. The average Bonchev–Trinajstić information content (AvgIpc) is 3.01. The van der Waals surface area contributed by atoms with Gasteiger partial charge in [0.2, 0.25) is 5.91 Å². The van der Waals surface area contributed by atoms with Gasteiger partial charge in [0.25, 0.3) is 0 Å². The van der Waals surface area contributed by atoms with Crippen molar-refractivity contribution in [3.05, 3.63) is 24.0 Å². The number of hydrogen-bond acceptors (Lipinski definition) is 3. The number of nitrogens with one attached hydrogen (secondary N) is 2. The molecule has 0 spiro atoms. The van der Waals surface area contributed by atoms with Crippen LogP contribution < -0.4 is 5.32 Å². The van der Waals surface area contributed by atoms with Gasteiger partial charge in [-0.2, -0.15) is 0 Å². The van der Waals surface area contributed by atoms with Gasteiger partial charge < -0.3 is 15.2 Å². The van der Waals surface area contributed by atoms with Crippen molar-refractivity contribution in [1.29, 1.82) is 0 Å². The molecule has 0 aliphatic carbocycles. The summed E-state index contributed by atoms with van der Waals surface area (Å²) in [6, 6.07) is 3.89. The molecule has 2 aliphatic heterocycles. The molecule has 22 heavy (non-hydrogen) atoms. The quantitative estimate of drug-likeness (QED) is 0.889. The Morgan fingerprint density at radius 1 is 1.23 bits per heavy atom. The molecule has 1 amide bonds. The summed E-state index contributed by atoms with van der Waals surface area (Å²) in [5.74, 6) is 1.55. The van der Waals surface area contributed by atoms with Crippen LogP contribution in [0.2, 0.25) is 0 Å². The maximum Gasteiger partial charge on any atom is 0.246 e. The highest BCUT2D eigenvalue weighted by Gasteiger charge is 2.36. The largest absolute Gasteiger partial charge is 0.363 e. The molecule has 5 nitrogen and oxygen atoms in total. The standard InChI is InChI=1S/C17H28N4O/c1-13-10-14(2)12-21(11-13)16(15-4-3-5-19-15)17(22)20-8-6-18-7-9-20/h3-5,13-14,16,18-19H,6-12H2,1-2H3. The number of nitrogens with zero attached hydrogens (tertiary/aromatic N) is 2. The topological polar surface area (TPSA) is 51.4 Å². The lowest BCUT2D eigenvalue weighted by molar-refractivity contribution is -0.139. The Morgan fingerprint density at radius 3 is 2.50 bits per heavy atom. The first-order chi connectivity index (χ1) is 10.6. The van der Waals surface area contributed by atoms with Crippen molar-refractivity contribution in [2.45, 2.75) is 26.3 Å². The Morgan fingerprint density at radius 2 is 1.91 bits per heavy atom. The zero-order valence-electron chi connectivity index (χ0n) is 13.7. The molecule has 3 rings (SSSR count). The van der Waals surface area contributed by atoms with E-state index in [-0.39, 0.29) is 11.9 Å². The van der Waals surface area contributed by atoms with Gasteiger partial charge in [0, 0.05) is 51.2 Å². The third-order valence-corrected chi connectivity index (χ3v) is 4.84. The van der Waals surface area contributed by atoms with Crippen LogP contribution in [-0.2, 0) is 4.79 Å². The van der Waals surface area contributed by atoms with Crippen LogP contribution in [-0.4, -0.2) is 60.0 Å². The van der Waals surface area contributed by atoms with Crippen LogP contribution in [0.15, 0.2) is 18.3 Å². The maximum atomic E-state index is 13.1. The van der Waals surface area contributed by atoms with Crippen molar-refractivity contribution >= 4 is 5.91 Å².